The quantitative estimate of drug-likeness (QED) is 0.344. The Balaban J connectivity index is 1.91. The van der Waals surface area contributed by atoms with E-state index in [4.69, 9.17) is 25.8 Å². The first kappa shape index (κ1) is 27.9. The van der Waals surface area contributed by atoms with E-state index in [0.717, 1.165) is 17.5 Å². The van der Waals surface area contributed by atoms with Crippen molar-refractivity contribution in [3.8, 4) is 17.2 Å². The van der Waals surface area contributed by atoms with Crippen LogP contribution in [0.4, 0.5) is 0 Å². The standard InChI is InChI=1S/C29H33ClN2O5/c1-4-14-31-29(34)27(15-21-10-6-5-7-11-21)32(19-22-12-8-9-13-26(22)30)28(33)20-37-25-17-23(35-2)16-24(18-25)36-3/h5-13,16-18,27H,4,14-15,19-20H2,1-3H3,(H,31,34). The van der Waals surface area contributed by atoms with Gasteiger partial charge in [-0.15, -0.1) is 0 Å². The third-order valence-electron chi connectivity index (χ3n) is 5.81. The first-order valence-corrected chi connectivity index (χ1v) is 12.5. The fourth-order valence-corrected chi connectivity index (χ4v) is 4.02. The van der Waals surface area contributed by atoms with Crippen molar-refractivity contribution < 1.29 is 23.8 Å². The second kappa shape index (κ2) is 14.1. The van der Waals surface area contributed by atoms with Crippen molar-refractivity contribution in [2.24, 2.45) is 0 Å². The molecule has 0 aliphatic carbocycles. The van der Waals surface area contributed by atoms with Crippen molar-refractivity contribution in [1.29, 1.82) is 0 Å². The van der Waals surface area contributed by atoms with E-state index >= 15 is 0 Å². The van der Waals surface area contributed by atoms with Gasteiger partial charge in [0.05, 0.1) is 14.2 Å². The first-order chi connectivity index (χ1) is 17.9. The van der Waals surface area contributed by atoms with E-state index in [1.54, 1.807) is 24.3 Å². The van der Waals surface area contributed by atoms with Gasteiger partial charge in [0.25, 0.3) is 5.91 Å². The van der Waals surface area contributed by atoms with E-state index in [1.807, 2.05) is 55.5 Å². The summed E-state index contributed by atoms with van der Waals surface area (Å²) in [5.74, 6) is 0.909. The number of carbonyl (C=O) groups is 2. The molecule has 0 bridgehead atoms. The molecular weight excluding hydrogens is 492 g/mol. The maximum absolute atomic E-state index is 13.7. The molecular formula is C29H33ClN2O5. The number of hydrogen-bond acceptors (Lipinski definition) is 5. The van der Waals surface area contributed by atoms with E-state index in [2.05, 4.69) is 5.32 Å². The number of rotatable bonds is 13. The highest BCUT2D eigenvalue weighted by Gasteiger charge is 2.31. The highest BCUT2D eigenvalue weighted by Crippen LogP contribution is 2.28. The van der Waals surface area contributed by atoms with Crippen LogP contribution >= 0.6 is 11.6 Å². The number of benzene rings is 3. The van der Waals surface area contributed by atoms with Gasteiger partial charge in [-0.25, -0.2) is 0 Å². The Labute approximate surface area is 223 Å². The summed E-state index contributed by atoms with van der Waals surface area (Å²) in [5, 5.41) is 3.47. The normalized spacial score (nSPS) is 11.4. The predicted molar refractivity (Wildman–Crippen MR) is 144 cm³/mol. The number of hydrogen-bond donors (Lipinski definition) is 1. The van der Waals surface area contributed by atoms with Crippen molar-refractivity contribution in [3.63, 3.8) is 0 Å². The zero-order chi connectivity index (χ0) is 26.6. The van der Waals surface area contributed by atoms with Crippen LogP contribution in [0.25, 0.3) is 0 Å². The molecule has 1 unspecified atom stereocenters. The highest BCUT2D eigenvalue weighted by atomic mass is 35.5. The summed E-state index contributed by atoms with van der Waals surface area (Å²) in [6.45, 7) is 2.36. The zero-order valence-electron chi connectivity index (χ0n) is 21.4. The Morgan fingerprint density at radius 3 is 2.16 bits per heavy atom. The summed E-state index contributed by atoms with van der Waals surface area (Å²) in [6, 6.07) is 21.2. The Kier molecular flexibility index (Phi) is 10.6. The number of halogens is 1. The van der Waals surface area contributed by atoms with Crippen LogP contribution in [0.1, 0.15) is 24.5 Å². The topological polar surface area (TPSA) is 77.1 Å². The van der Waals surface area contributed by atoms with Crippen LogP contribution in [0.2, 0.25) is 5.02 Å². The lowest BCUT2D eigenvalue weighted by atomic mass is 10.0. The Bertz CT molecular complexity index is 1150. The van der Waals surface area contributed by atoms with Crippen LogP contribution < -0.4 is 19.5 Å². The summed E-state index contributed by atoms with van der Waals surface area (Å²) in [4.78, 5) is 28.6. The smallest absolute Gasteiger partial charge is 0.261 e. The second-order valence-corrected chi connectivity index (χ2v) is 8.85. The first-order valence-electron chi connectivity index (χ1n) is 12.2. The van der Waals surface area contributed by atoms with Gasteiger partial charge in [-0.1, -0.05) is 67.1 Å². The van der Waals surface area contributed by atoms with Crippen LogP contribution in [-0.2, 0) is 22.6 Å². The summed E-state index contributed by atoms with van der Waals surface area (Å²) >= 11 is 6.44. The van der Waals surface area contributed by atoms with Crippen LogP contribution in [0.15, 0.2) is 72.8 Å². The van der Waals surface area contributed by atoms with Crippen LogP contribution in [-0.4, -0.2) is 50.1 Å². The fraction of sp³-hybridized carbons (Fsp3) is 0.310. The highest BCUT2D eigenvalue weighted by molar-refractivity contribution is 6.31. The van der Waals surface area contributed by atoms with Crippen molar-refractivity contribution in [1.82, 2.24) is 10.2 Å². The average Bonchev–Trinajstić information content (AvgIpc) is 2.93. The van der Waals surface area contributed by atoms with E-state index in [1.165, 1.54) is 19.1 Å². The third kappa shape index (κ3) is 8.15. The van der Waals surface area contributed by atoms with Crippen molar-refractivity contribution >= 4 is 23.4 Å². The van der Waals surface area contributed by atoms with Gasteiger partial charge in [-0.2, -0.15) is 0 Å². The zero-order valence-corrected chi connectivity index (χ0v) is 22.2. The van der Waals surface area contributed by atoms with E-state index in [0.29, 0.717) is 35.2 Å². The molecule has 196 valence electrons. The molecule has 0 aromatic heterocycles. The molecule has 0 saturated carbocycles. The van der Waals surface area contributed by atoms with Crippen LogP contribution in [0.5, 0.6) is 17.2 Å². The van der Waals surface area contributed by atoms with Crippen LogP contribution in [0, 0.1) is 0 Å². The Morgan fingerprint density at radius 1 is 0.919 bits per heavy atom. The molecule has 3 aromatic carbocycles. The summed E-state index contributed by atoms with van der Waals surface area (Å²) in [5.41, 5.74) is 1.68. The molecule has 7 nitrogen and oxygen atoms in total. The molecule has 0 radical (unpaired) electrons. The Hall–Kier alpha value is -3.71. The van der Waals surface area contributed by atoms with Gasteiger partial charge < -0.3 is 24.4 Å². The molecule has 0 heterocycles. The van der Waals surface area contributed by atoms with Crippen LogP contribution in [0.3, 0.4) is 0 Å². The molecule has 1 atom stereocenters. The van der Waals surface area contributed by atoms with E-state index in [9.17, 15) is 9.59 Å². The number of nitrogens with one attached hydrogen (secondary N) is 1. The minimum Gasteiger partial charge on any atom is -0.496 e. The molecule has 0 fully saturated rings. The van der Waals surface area contributed by atoms with Gasteiger partial charge in [-0.3, -0.25) is 9.59 Å². The molecule has 3 rings (SSSR count). The number of carbonyl (C=O) groups excluding carboxylic acids is 2. The third-order valence-corrected chi connectivity index (χ3v) is 6.17. The molecule has 0 saturated heterocycles. The summed E-state index contributed by atoms with van der Waals surface area (Å²) in [6.07, 6.45) is 1.13. The lowest BCUT2D eigenvalue weighted by Crippen LogP contribution is -2.51. The number of amides is 2. The van der Waals surface area contributed by atoms with E-state index < -0.39 is 6.04 Å². The minimum absolute atomic E-state index is 0.153. The minimum atomic E-state index is -0.763. The molecule has 1 N–H and O–H groups in total. The number of ether oxygens (including phenoxy) is 3. The van der Waals surface area contributed by atoms with Crippen molar-refractivity contribution in [2.75, 3.05) is 27.4 Å². The van der Waals surface area contributed by atoms with Gasteiger partial charge in [0.15, 0.2) is 6.61 Å². The fourth-order valence-electron chi connectivity index (χ4n) is 3.82. The van der Waals surface area contributed by atoms with Gasteiger partial charge in [0.2, 0.25) is 5.91 Å². The molecule has 3 aromatic rings. The van der Waals surface area contributed by atoms with Gasteiger partial charge in [0.1, 0.15) is 23.3 Å². The number of methoxy groups -OCH3 is 2. The van der Waals surface area contributed by atoms with Crippen molar-refractivity contribution in [2.45, 2.75) is 32.4 Å². The van der Waals surface area contributed by atoms with Crippen molar-refractivity contribution in [3.05, 3.63) is 88.9 Å². The molecule has 37 heavy (non-hydrogen) atoms. The molecule has 0 spiro atoms. The largest absolute Gasteiger partial charge is 0.496 e. The number of nitrogens with zero attached hydrogens (tertiary/aromatic N) is 1. The summed E-state index contributed by atoms with van der Waals surface area (Å²) in [7, 11) is 3.08. The van der Waals surface area contributed by atoms with Gasteiger partial charge in [-0.05, 0) is 23.6 Å². The summed E-state index contributed by atoms with van der Waals surface area (Å²) < 4.78 is 16.4. The average molecular weight is 525 g/mol. The Morgan fingerprint density at radius 2 is 1.54 bits per heavy atom. The lowest BCUT2D eigenvalue weighted by Gasteiger charge is -2.31. The molecule has 8 heteroatoms. The van der Waals surface area contributed by atoms with E-state index in [-0.39, 0.29) is 25.0 Å². The monoisotopic (exact) mass is 524 g/mol. The predicted octanol–water partition coefficient (Wildman–Crippen LogP) is 4.90. The molecule has 0 aliphatic rings. The lowest BCUT2D eigenvalue weighted by molar-refractivity contribution is -0.142. The van der Waals surface area contributed by atoms with Gasteiger partial charge in [0, 0.05) is 42.7 Å². The van der Waals surface area contributed by atoms with Gasteiger partial charge >= 0.3 is 0 Å². The molecule has 2 amide bonds. The second-order valence-electron chi connectivity index (χ2n) is 8.45. The molecule has 0 aliphatic heterocycles. The maximum Gasteiger partial charge on any atom is 0.261 e. The maximum atomic E-state index is 13.7. The SMILES string of the molecule is CCCNC(=O)C(Cc1ccccc1)N(Cc1ccccc1Cl)C(=O)COc1cc(OC)cc(OC)c1.